The average Bonchev–Trinajstić information content (AvgIpc) is 2.98. The molecule has 0 saturated carbocycles. The van der Waals surface area contributed by atoms with Gasteiger partial charge in [-0.1, -0.05) is 12.1 Å². The van der Waals surface area contributed by atoms with Crippen molar-refractivity contribution in [1.82, 2.24) is 14.9 Å². The van der Waals surface area contributed by atoms with Crippen molar-refractivity contribution in [2.45, 2.75) is 57.3 Å². The van der Waals surface area contributed by atoms with E-state index >= 15 is 0 Å². The first-order chi connectivity index (χ1) is 20.6. The number of nitrogens with zero attached hydrogens (tertiary/aromatic N) is 3. The molecule has 1 aliphatic carbocycles. The van der Waals surface area contributed by atoms with Crippen molar-refractivity contribution in [3.05, 3.63) is 90.3 Å². The number of aliphatic hydroxyl groups is 1. The fourth-order valence-corrected chi connectivity index (χ4v) is 6.30. The van der Waals surface area contributed by atoms with Crippen LogP contribution in [0.4, 0.5) is 11.4 Å². The van der Waals surface area contributed by atoms with Crippen molar-refractivity contribution in [1.29, 1.82) is 0 Å². The molecule has 0 bridgehead atoms. The van der Waals surface area contributed by atoms with Gasteiger partial charge in [0.25, 0.3) is 0 Å². The maximum absolute atomic E-state index is 11.4. The third-order valence-corrected chi connectivity index (χ3v) is 8.19. The number of fused-ring (bicyclic) bond motifs is 2. The Kier molecular flexibility index (Phi) is 7.36. The number of methoxy groups -OCH3 is 2. The predicted molar refractivity (Wildman–Crippen MR) is 172 cm³/mol. The Balaban J connectivity index is 1.61. The number of aliphatic hydroxyl groups excluding tert-OH is 1. The van der Waals surface area contributed by atoms with E-state index in [4.69, 9.17) is 19.5 Å². The van der Waals surface area contributed by atoms with Gasteiger partial charge in [-0.2, -0.15) is 0 Å². The molecule has 2 unspecified atom stereocenters. The van der Waals surface area contributed by atoms with Crippen molar-refractivity contribution in [3.63, 3.8) is 0 Å². The second-order valence-electron chi connectivity index (χ2n) is 12.4. The summed E-state index contributed by atoms with van der Waals surface area (Å²) >= 11 is 0. The Bertz CT molecular complexity index is 1790. The number of aromatic nitrogens is 2. The Morgan fingerprint density at radius 3 is 2.23 bits per heavy atom. The Hall–Kier alpha value is -4.40. The summed E-state index contributed by atoms with van der Waals surface area (Å²) in [5.41, 5.74) is 5.57. The van der Waals surface area contributed by atoms with Gasteiger partial charge in [0.05, 0.1) is 59.8 Å². The van der Waals surface area contributed by atoms with Gasteiger partial charge in [0.1, 0.15) is 11.5 Å². The topological polar surface area (TPSA) is 92.9 Å². The molecule has 0 amide bonds. The molecule has 0 spiro atoms. The molecule has 222 valence electrons. The lowest BCUT2D eigenvalue weighted by molar-refractivity contribution is -0.00243. The van der Waals surface area contributed by atoms with Gasteiger partial charge in [0, 0.05) is 22.5 Å². The van der Waals surface area contributed by atoms with Crippen LogP contribution in [0.25, 0.3) is 28.1 Å². The van der Waals surface area contributed by atoms with Gasteiger partial charge in [-0.15, -0.1) is 0 Å². The minimum absolute atomic E-state index is 0.196. The van der Waals surface area contributed by atoms with Crippen LogP contribution in [0.5, 0.6) is 11.5 Å². The van der Waals surface area contributed by atoms with Crippen molar-refractivity contribution in [3.8, 4) is 28.6 Å². The summed E-state index contributed by atoms with van der Waals surface area (Å²) in [6.45, 7) is 8.39. The van der Waals surface area contributed by atoms with Gasteiger partial charge in [0.15, 0.2) is 0 Å². The highest BCUT2D eigenvalue weighted by Gasteiger charge is 2.44. The van der Waals surface area contributed by atoms with Gasteiger partial charge in [-0.3, -0.25) is 4.99 Å². The lowest BCUT2D eigenvalue weighted by atomic mass is 9.77. The highest BCUT2D eigenvalue weighted by atomic mass is 16.5. The Morgan fingerprint density at radius 1 is 0.907 bits per heavy atom. The molecule has 2 heterocycles. The highest BCUT2D eigenvalue weighted by Crippen LogP contribution is 2.33. The molecule has 1 fully saturated rings. The minimum Gasteiger partial charge on any atom is -0.497 e. The molecule has 8 heteroatoms. The van der Waals surface area contributed by atoms with E-state index in [2.05, 4.69) is 47.2 Å². The Labute approximate surface area is 252 Å². The number of para-hydroxylation sites is 2. The Morgan fingerprint density at radius 2 is 1.56 bits per heavy atom. The van der Waals surface area contributed by atoms with Crippen molar-refractivity contribution in [2.24, 2.45) is 4.99 Å². The summed E-state index contributed by atoms with van der Waals surface area (Å²) in [7, 11) is 3.33. The molecule has 2 atom stereocenters. The SMILES string of the molecule is COc1ccc(Nc2cc3nc4ccccc4n(-c4ccc(OC)cc4)c-3cc2=NC2CC(C)(C)NC(C)(C)C2O)cc1. The maximum Gasteiger partial charge on any atom is 0.119 e. The second-order valence-corrected chi connectivity index (χ2v) is 12.4. The van der Waals surface area contributed by atoms with E-state index in [1.807, 2.05) is 80.6 Å². The summed E-state index contributed by atoms with van der Waals surface area (Å²) in [6, 6.07) is 27.8. The van der Waals surface area contributed by atoms with Gasteiger partial charge in [-0.25, -0.2) is 4.98 Å². The van der Waals surface area contributed by atoms with Gasteiger partial charge < -0.3 is 29.8 Å². The van der Waals surface area contributed by atoms with Crippen LogP contribution in [-0.2, 0) is 0 Å². The first-order valence-electron chi connectivity index (χ1n) is 14.6. The lowest BCUT2D eigenvalue weighted by Crippen LogP contribution is -2.67. The molecule has 2 aliphatic heterocycles. The average molecular weight is 578 g/mol. The lowest BCUT2D eigenvalue weighted by Gasteiger charge is -2.48. The molecule has 0 aromatic heterocycles. The van der Waals surface area contributed by atoms with Crippen molar-refractivity contribution < 1.29 is 14.6 Å². The van der Waals surface area contributed by atoms with Crippen molar-refractivity contribution >= 4 is 22.4 Å². The quantitative estimate of drug-likeness (QED) is 0.212. The molecule has 43 heavy (non-hydrogen) atoms. The highest BCUT2D eigenvalue weighted by molar-refractivity contribution is 5.84. The summed E-state index contributed by atoms with van der Waals surface area (Å²) in [5.74, 6) is 1.57. The first-order valence-corrected chi connectivity index (χ1v) is 14.6. The number of rotatable bonds is 6. The third kappa shape index (κ3) is 5.68. The number of hydrogen-bond acceptors (Lipinski definition) is 7. The van der Waals surface area contributed by atoms with Gasteiger partial charge in [0.2, 0.25) is 0 Å². The van der Waals surface area contributed by atoms with Gasteiger partial charge >= 0.3 is 0 Å². The summed E-state index contributed by atoms with van der Waals surface area (Å²) in [4.78, 5) is 10.3. The minimum atomic E-state index is -0.673. The first kappa shape index (κ1) is 28.7. The van der Waals surface area contributed by atoms with Crippen molar-refractivity contribution in [2.75, 3.05) is 19.5 Å². The summed E-state index contributed by atoms with van der Waals surface area (Å²) in [6.07, 6.45) is 0.0139. The van der Waals surface area contributed by atoms with Crippen LogP contribution in [-0.4, -0.2) is 52.1 Å². The molecule has 3 aromatic carbocycles. The molecule has 8 nitrogen and oxygen atoms in total. The summed E-state index contributed by atoms with van der Waals surface area (Å²) in [5, 5.41) is 19.4. The van der Waals surface area contributed by atoms with E-state index in [9.17, 15) is 5.11 Å². The molecular formula is C35H39N5O3. The molecule has 3 N–H and O–H groups in total. The number of benzene rings is 4. The number of piperidine rings is 1. The largest absolute Gasteiger partial charge is 0.497 e. The fourth-order valence-electron chi connectivity index (χ4n) is 6.30. The zero-order valence-electron chi connectivity index (χ0n) is 25.6. The zero-order valence-corrected chi connectivity index (χ0v) is 25.6. The van der Waals surface area contributed by atoms with Crippen LogP contribution in [0.3, 0.4) is 0 Å². The molecule has 3 aliphatic rings. The molecule has 1 saturated heterocycles. The van der Waals surface area contributed by atoms with Crippen LogP contribution in [0.1, 0.15) is 34.1 Å². The third-order valence-electron chi connectivity index (χ3n) is 8.19. The van der Waals surface area contributed by atoms with E-state index in [0.29, 0.717) is 6.42 Å². The van der Waals surface area contributed by atoms with E-state index in [1.54, 1.807) is 14.2 Å². The predicted octanol–water partition coefficient (Wildman–Crippen LogP) is 6.07. The second kappa shape index (κ2) is 11.0. The van der Waals surface area contributed by atoms with Crippen LogP contribution in [0.2, 0.25) is 0 Å². The van der Waals surface area contributed by atoms with E-state index < -0.39 is 11.6 Å². The van der Waals surface area contributed by atoms with Crippen LogP contribution in [0.15, 0.2) is 89.9 Å². The van der Waals surface area contributed by atoms with Gasteiger partial charge in [-0.05, 0) is 107 Å². The number of anilines is 2. The molecule has 0 radical (unpaired) electrons. The normalized spacial score (nSPS) is 19.8. The molecule has 6 rings (SSSR count). The van der Waals surface area contributed by atoms with E-state index in [0.717, 1.165) is 56.3 Å². The zero-order chi connectivity index (χ0) is 30.4. The number of nitrogens with one attached hydrogen (secondary N) is 2. The standard InChI is InChI=1S/C35H39N5O3/c1-34(2)21-30(33(41)35(3,4)39-34)38-28-20-32-29(19-27(28)36-22-11-15-24(42-5)16-12-22)37-26-9-7-8-10-31(26)40(32)23-13-17-25(43-6)18-14-23/h7-20,30,33,36,39,41H,21H2,1-6H3. The molecular weight excluding hydrogens is 538 g/mol. The maximum atomic E-state index is 11.4. The van der Waals surface area contributed by atoms with E-state index in [-0.39, 0.29) is 11.6 Å². The fraction of sp³-hybridized carbons (Fsp3) is 0.314. The molecule has 3 aromatic rings. The van der Waals surface area contributed by atoms with Crippen LogP contribution in [0, 0.1) is 0 Å². The smallest absolute Gasteiger partial charge is 0.119 e. The van der Waals surface area contributed by atoms with Crippen LogP contribution >= 0.6 is 0 Å². The van der Waals surface area contributed by atoms with Crippen LogP contribution < -0.4 is 25.5 Å². The van der Waals surface area contributed by atoms with E-state index in [1.165, 1.54) is 0 Å². The summed E-state index contributed by atoms with van der Waals surface area (Å²) < 4.78 is 13.0. The number of ether oxygens (including phenoxy) is 2. The monoisotopic (exact) mass is 577 g/mol. The number of hydrogen-bond donors (Lipinski definition) is 3.